The maximum atomic E-state index is 4.97. The van der Waals surface area contributed by atoms with Crippen LogP contribution in [0.1, 0.15) is 30.9 Å². The molecule has 0 radical (unpaired) electrons. The summed E-state index contributed by atoms with van der Waals surface area (Å²) in [6, 6.07) is 20.6. The third kappa shape index (κ3) is 18.7. The van der Waals surface area contributed by atoms with Crippen molar-refractivity contribution in [2.45, 2.75) is 26.3 Å². The molecule has 2 aliphatic rings. The van der Waals surface area contributed by atoms with E-state index in [9.17, 15) is 0 Å². The Morgan fingerprint density at radius 1 is 0.781 bits per heavy atom. The van der Waals surface area contributed by atoms with E-state index >= 15 is 0 Å². The number of hydrogen-bond donors (Lipinski definition) is 0. The van der Waals surface area contributed by atoms with Crippen molar-refractivity contribution < 1.29 is 30.6 Å². The van der Waals surface area contributed by atoms with Crippen LogP contribution in [0, 0.1) is 12.2 Å². The zero-order chi connectivity index (χ0) is 22.2. The van der Waals surface area contributed by atoms with Gasteiger partial charge in [-0.25, -0.2) is 24.3 Å². The molecule has 0 aromatic heterocycles. The second kappa shape index (κ2) is 23.6. The summed E-state index contributed by atoms with van der Waals surface area (Å²) in [7, 11) is -0.0860. The van der Waals surface area contributed by atoms with Crippen molar-refractivity contribution in [1.82, 2.24) is 0 Å². The molecule has 2 aromatic rings. The smallest absolute Gasteiger partial charge is 0.425 e. The van der Waals surface area contributed by atoms with Crippen molar-refractivity contribution in [3.63, 3.8) is 0 Å². The normalized spacial score (nSPS) is 12.8. The Kier molecular flexibility index (Phi) is 22.1. The van der Waals surface area contributed by atoms with Crippen LogP contribution >= 0.6 is 0 Å². The minimum atomic E-state index is -0.0860. The van der Waals surface area contributed by atoms with Crippen LogP contribution in [0.4, 0.5) is 0 Å². The molecule has 0 heterocycles. The Hall–Kier alpha value is -2.06. The maximum Gasteiger partial charge on any atom is 2.00 e. The predicted octanol–water partition coefficient (Wildman–Crippen LogP) is 7.18. The van der Waals surface area contributed by atoms with Crippen molar-refractivity contribution in [2.75, 3.05) is 6.61 Å². The molecule has 0 spiro atoms. The topological polar surface area (TPSA) is 9.23 Å². The second-order valence-electron chi connectivity index (χ2n) is 6.33. The molecule has 164 valence electrons. The van der Waals surface area contributed by atoms with Crippen LogP contribution in [0.25, 0.3) is 12.2 Å². The molecule has 2 aliphatic carbocycles. The van der Waals surface area contributed by atoms with E-state index in [4.69, 9.17) is 4.43 Å². The quantitative estimate of drug-likeness (QED) is 0.232. The van der Waals surface area contributed by atoms with Gasteiger partial charge in [0, 0.05) is 6.61 Å². The van der Waals surface area contributed by atoms with Crippen LogP contribution in [-0.2, 0) is 30.6 Å². The van der Waals surface area contributed by atoms with Crippen LogP contribution < -0.4 is 0 Å². The van der Waals surface area contributed by atoms with Gasteiger partial charge in [-0.2, -0.15) is 12.2 Å². The van der Waals surface area contributed by atoms with Gasteiger partial charge >= 0.3 is 26.2 Å². The summed E-state index contributed by atoms with van der Waals surface area (Å²) in [5.74, 6) is 0. The van der Waals surface area contributed by atoms with E-state index in [1.807, 2.05) is 67.6 Å². The van der Waals surface area contributed by atoms with E-state index < -0.39 is 0 Å². The van der Waals surface area contributed by atoms with E-state index in [0.717, 1.165) is 19.4 Å². The number of rotatable bonds is 5. The fourth-order valence-electron chi connectivity index (χ4n) is 2.35. The zero-order valence-electron chi connectivity index (χ0n) is 19.3. The Labute approximate surface area is 217 Å². The molecule has 0 unspecified atom stereocenters. The van der Waals surface area contributed by atoms with Gasteiger partial charge in [-0.3, -0.25) is 12.2 Å². The molecular formula is C29H34OSiZr. The molecule has 0 bridgehead atoms. The average Bonchev–Trinajstić information content (AvgIpc) is 3.59. The molecule has 0 fully saturated rings. The summed E-state index contributed by atoms with van der Waals surface area (Å²) >= 11 is 0. The van der Waals surface area contributed by atoms with Gasteiger partial charge in [0.25, 0.3) is 0 Å². The van der Waals surface area contributed by atoms with Gasteiger partial charge in [-0.1, -0.05) is 91.5 Å². The first-order valence-corrected chi connectivity index (χ1v) is 12.8. The summed E-state index contributed by atoms with van der Waals surface area (Å²) in [6.07, 6.45) is 28.3. The summed E-state index contributed by atoms with van der Waals surface area (Å²) < 4.78 is 4.97. The van der Waals surface area contributed by atoms with Crippen LogP contribution in [0.5, 0.6) is 0 Å². The molecule has 0 saturated heterocycles. The van der Waals surface area contributed by atoms with E-state index in [-0.39, 0.29) is 36.0 Å². The molecule has 32 heavy (non-hydrogen) atoms. The minimum absolute atomic E-state index is 0. The number of hydrogen-bond acceptors (Lipinski definition) is 1. The van der Waals surface area contributed by atoms with Crippen molar-refractivity contribution >= 4 is 21.9 Å². The molecule has 1 nitrogen and oxygen atoms in total. The van der Waals surface area contributed by atoms with Crippen LogP contribution in [0.15, 0.2) is 109 Å². The van der Waals surface area contributed by atoms with Gasteiger partial charge in [-0.05, 0) is 18.1 Å². The monoisotopic (exact) mass is 516 g/mol. The molecule has 0 atom stereocenters. The molecule has 4 rings (SSSR count). The first-order chi connectivity index (χ1) is 15.4. The third-order valence-electron chi connectivity index (χ3n) is 3.87. The molecule has 0 amide bonds. The van der Waals surface area contributed by atoms with E-state index in [2.05, 4.69) is 79.4 Å². The third-order valence-corrected chi connectivity index (χ3v) is 4.68. The van der Waals surface area contributed by atoms with Gasteiger partial charge < -0.3 is 4.43 Å². The number of benzene rings is 2. The first kappa shape index (κ1) is 29.9. The summed E-state index contributed by atoms with van der Waals surface area (Å²) in [6.45, 7) is 5.06. The number of allylic oxidation sites excluding steroid dienone is 10. The molecule has 0 aliphatic heterocycles. The van der Waals surface area contributed by atoms with Gasteiger partial charge in [0.2, 0.25) is 0 Å². The average molecular weight is 518 g/mol. The van der Waals surface area contributed by atoms with Crippen LogP contribution in [-0.4, -0.2) is 16.4 Å². The molecule has 3 heteroatoms. The Morgan fingerprint density at radius 3 is 1.44 bits per heavy atom. The van der Waals surface area contributed by atoms with E-state index in [0.29, 0.717) is 0 Å². The maximum absolute atomic E-state index is 4.97. The van der Waals surface area contributed by atoms with Gasteiger partial charge in [0.1, 0.15) is 0 Å². The van der Waals surface area contributed by atoms with Gasteiger partial charge in [-0.15, -0.1) is 12.8 Å². The largest absolute Gasteiger partial charge is 2.00 e. The van der Waals surface area contributed by atoms with E-state index in [1.54, 1.807) is 0 Å². The van der Waals surface area contributed by atoms with Crippen molar-refractivity contribution in [3.8, 4) is 0 Å². The minimum Gasteiger partial charge on any atom is -0.425 e. The Bertz CT molecular complexity index is 742. The standard InChI is InChI=1S/C16H14.2C5H5.C3H10OSi.Zr/c1-3-9-15(10-4-1)13-7-8-14-16-11-5-2-6-12-16;2*1-2-4-5-3-1;1-3-4-5-2;/h1-14H;2*1-3H,4H2;3,5H2,1-2H3;/q;2*-1;;+2. The van der Waals surface area contributed by atoms with Crippen molar-refractivity contribution in [2.24, 2.45) is 0 Å². The van der Waals surface area contributed by atoms with Gasteiger partial charge in [0.05, 0.1) is 0 Å². The van der Waals surface area contributed by atoms with Gasteiger partial charge in [0.15, 0.2) is 9.76 Å². The molecule has 2 aromatic carbocycles. The second-order valence-corrected chi connectivity index (χ2v) is 7.31. The predicted molar refractivity (Wildman–Crippen MR) is 140 cm³/mol. The Morgan fingerprint density at radius 2 is 1.22 bits per heavy atom. The van der Waals surface area contributed by atoms with Crippen molar-refractivity contribution in [3.05, 3.63) is 133 Å². The Balaban J connectivity index is 0.000000490. The molecule has 0 saturated carbocycles. The van der Waals surface area contributed by atoms with Crippen molar-refractivity contribution in [1.29, 1.82) is 0 Å². The molecular weight excluding hydrogens is 484 g/mol. The van der Waals surface area contributed by atoms with E-state index in [1.165, 1.54) is 11.1 Å². The van der Waals surface area contributed by atoms with Crippen LogP contribution in [0.3, 0.4) is 0 Å². The fraction of sp³-hybridized carbons (Fsp3) is 0.172. The molecule has 0 N–H and O–H groups in total. The summed E-state index contributed by atoms with van der Waals surface area (Å²) in [5.41, 5.74) is 2.44. The summed E-state index contributed by atoms with van der Waals surface area (Å²) in [5, 5.41) is 0. The van der Waals surface area contributed by atoms with Crippen LogP contribution in [0.2, 0.25) is 6.55 Å². The summed E-state index contributed by atoms with van der Waals surface area (Å²) in [4.78, 5) is 0. The fourth-order valence-corrected chi connectivity index (χ4v) is 2.75. The zero-order valence-corrected chi connectivity index (χ0v) is 23.2. The first-order valence-electron chi connectivity index (χ1n) is 10.8. The SMILES string of the molecule is C(C=Cc1ccccc1)=Cc1ccccc1.CCO[SiH2]C.[C-]1=CC=CC1.[C-]1=CC=CC1.[Zr+2].